The Kier molecular flexibility index (Phi) is 15.8. The van der Waals surface area contributed by atoms with Crippen molar-refractivity contribution < 1.29 is 19.0 Å². The Morgan fingerprint density at radius 2 is 1.34 bits per heavy atom. The van der Waals surface area contributed by atoms with E-state index in [0.717, 1.165) is 92.3 Å². The predicted molar refractivity (Wildman–Crippen MR) is 230 cm³/mol. The van der Waals surface area contributed by atoms with Crippen LogP contribution in [0.3, 0.4) is 0 Å². The monoisotopic (exact) mass is 768 g/mol. The van der Waals surface area contributed by atoms with Crippen molar-refractivity contribution in [1.82, 2.24) is 4.98 Å². The Morgan fingerprint density at radius 3 is 1.98 bits per heavy atom. The highest BCUT2D eigenvalue weighted by Gasteiger charge is 2.59. The van der Waals surface area contributed by atoms with Gasteiger partial charge in [0.1, 0.15) is 17.6 Å². The largest absolute Gasteiger partial charge is 0.494 e. The van der Waals surface area contributed by atoms with Crippen LogP contribution in [0.4, 0.5) is 0 Å². The minimum atomic E-state index is -0.192. The molecule has 3 fully saturated rings. The maximum Gasteiger partial charge on any atom is 0.338 e. The van der Waals surface area contributed by atoms with Gasteiger partial charge >= 0.3 is 5.97 Å². The molecule has 4 aliphatic carbocycles. The second kappa shape index (κ2) is 20.7. The molecule has 0 aliphatic heterocycles. The molecule has 310 valence electrons. The molecular formula is C51H77NO4. The fraction of sp³-hybridized carbons (Fsp3) is 0.725. The van der Waals surface area contributed by atoms with Crippen molar-refractivity contribution in [3.05, 3.63) is 66.0 Å². The van der Waals surface area contributed by atoms with Gasteiger partial charge in [-0.15, -0.1) is 0 Å². The van der Waals surface area contributed by atoms with Crippen molar-refractivity contribution in [1.29, 1.82) is 0 Å². The first-order valence-corrected chi connectivity index (χ1v) is 23.3. The number of hydrogen-bond acceptors (Lipinski definition) is 5. The number of allylic oxidation sites excluding steroid dienone is 1. The van der Waals surface area contributed by atoms with E-state index >= 15 is 0 Å². The summed E-state index contributed by atoms with van der Waals surface area (Å²) in [5, 5.41) is 0. The molecule has 0 unspecified atom stereocenters. The second-order valence-corrected chi connectivity index (χ2v) is 19.5. The average molecular weight is 768 g/mol. The van der Waals surface area contributed by atoms with E-state index in [-0.39, 0.29) is 17.5 Å². The van der Waals surface area contributed by atoms with Crippen molar-refractivity contribution in [2.75, 3.05) is 13.2 Å². The zero-order valence-electron chi connectivity index (χ0n) is 36.1. The van der Waals surface area contributed by atoms with E-state index in [4.69, 9.17) is 14.2 Å². The van der Waals surface area contributed by atoms with Gasteiger partial charge in [-0.25, -0.2) is 4.79 Å². The first-order valence-electron chi connectivity index (χ1n) is 23.3. The van der Waals surface area contributed by atoms with Gasteiger partial charge in [0.05, 0.1) is 18.8 Å². The van der Waals surface area contributed by atoms with Crippen molar-refractivity contribution in [2.24, 2.45) is 46.3 Å². The number of fused-ring (bicyclic) bond motifs is 5. The number of carbonyl (C=O) groups is 1. The lowest BCUT2D eigenvalue weighted by molar-refractivity contribution is -0.0594. The number of unbranched alkanes of at least 4 members (excludes halogenated alkanes) is 9. The summed E-state index contributed by atoms with van der Waals surface area (Å²) >= 11 is 0. The van der Waals surface area contributed by atoms with Gasteiger partial charge < -0.3 is 14.2 Å². The van der Waals surface area contributed by atoms with Crippen molar-refractivity contribution in [3.63, 3.8) is 0 Å². The Labute approximate surface area is 341 Å². The maximum absolute atomic E-state index is 13.3. The highest BCUT2D eigenvalue weighted by Crippen LogP contribution is 2.67. The molecule has 5 heteroatoms. The molecule has 0 radical (unpaired) electrons. The molecule has 0 spiro atoms. The van der Waals surface area contributed by atoms with E-state index in [2.05, 4.69) is 45.7 Å². The standard InChI is InChI=1S/C51H77NO4/c1-38(2)17-16-18-39(3)46-25-26-47-45-24-21-41-37-44(27-31-50(41,4)48(45)28-32-51(46,47)5)56-49(53)40-19-22-42(23-20-40)54-35-14-12-10-8-6-7-9-11-13-15-36-55-43-29-33-52-34-30-43/h19-23,29-30,33-34,38-39,44-48H,6-18,24-28,31-32,35-37H2,1-5H3/t39-,44+,45+,46-,47+,48+,50+,51-/m1/s1. The van der Waals surface area contributed by atoms with E-state index in [1.54, 1.807) is 18.0 Å². The van der Waals surface area contributed by atoms with Crippen LogP contribution in [0.5, 0.6) is 11.5 Å². The van der Waals surface area contributed by atoms with Gasteiger partial charge in [0.15, 0.2) is 0 Å². The molecule has 56 heavy (non-hydrogen) atoms. The molecule has 1 aromatic carbocycles. The molecule has 0 bridgehead atoms. The Bertz CT molecular complexity index is 1500. The van der Waals surface area contributed by atoms with Gasteiger partial charge in [-0.1, -0.05) is 117 Å². The number of carbonyl (C=O) groups excluding carboxylic acids is 1. The zero-order chi connectivity index (χ0) is 39.4. The Balaban J connectivity index is 0.843. The lowest BCUT2D eigenvalue weighted by Gasteiger charge is -2.58. The molecule has 0 saturated heterocycles. The van der Waals surface area contributed by atoms with Gasteiger partial charge in [0, 0.05) is 18.8 Å². The number of rotatable bonds is 22. The molecule has 0 amide bonds. The van der Waals surface area contributed by atoms with Gasteiger partial charge in [-0.05, 0) is 141 Å². The summed E-state index contributed by atoms with van der Waals surface area (Å²) in [6, 6.07) is 11.4. The Hall–Kier alpha value is -2.82. The summed E-state index contributed by atoms with van der Waals surface area (Å²) in [6.45, 7) is 14.1. The fourth-order valence-corrected chi connectivity index (χ4v) is 12.1. The molecule has 3 saturated carbocycles. The first-order chi connectivity index (χ1) is 27.2. The third-order valence-corrected chi connectivity index (χ3v) is 15.3. The van der Waals surface area contributed by atoms with Crippen LogP contribution in [0, 0.1) is 46.3 Å². The SMILES string of the molecule is CC(C)CCC[C@@H](C)[C@H]1CC[C@H]2[C@@H]3CC=C4C[C@@H](OC(=O)c5ccc(OCCCCCCCCCCCCOc6ccncc6)cc5)CC[C@]4(C)[C@H]3CC[C@]12C. The lowest BCUT2D eigenvalue weighted by Crippen LogP contribution is -2.51. The van der Waals surface area contributed by atoms with Crippen molar-refractivity contribution in [3.8, 4) is 11.5 Å². The number of ether oxygens (including phenoxy) is 3. The number of pyridine rings is 1. The third kappa shape index (κ3) is 11.0. The van der Waals surface area contributed by atoms with Crippen LogP contribution < -0.4 is 9.47 Å². The minimum absolute atomic E-state index is 0.0192. The molecule has 1 heterocycles. The summed E-state index contributed by atoms with van der Waals surface area (Å²) in [5.74, 6) is 6.63. The van der Waals surface area contributed by atoms with Crippen LogP contribution in [-0.2, 0) is 4.74 Å². The minimum Gasteiger partial charge on any atom is -0.494 e. The summed E-state index contributed by atoms with van der Waals surface area (Å²) in [4.78, 5) is 17.3. The second-order valence-electron chi connectivity index (χ2n) is 19.5. The topological polar surface area (TPSA) is 57.7 Å². The van der Waals surface area contributed by atoms with Crippen LogP contribution in [0.15, 0.2) is 60.4 Å². The summed E-state index contributed by atoms with van der Waals surface area (Å²) in [7, 11) is 0. The summed E-state index contributed by atoms with van der Waals surface area (Å²) in [6.07, 6.45) is 32.7. The highest BCUT2D eigenvalue weighted by molar-refractivity contribution is 5.89. The number of nitrogens with zero attached hydrogens (tertiary/aromatic N) is 1. The van der Waals surface area contributed by atoms with Gasteiger partial charge in [0.25, 0.3) is 0 Å². The summed E-state index contributed by atoms with van der Waals surface area (Å²) in [5.41, 5.74) is 3.00. The summed E-state index contributed by atoms with van der Waals surface area (Å²) < 4.78 is 18.0. The molecule has 1 aromatic heterocycles. The van der Waals surface area contributed by atoms with Crippen LogP contribution >= 0.6 is 0 Å². The van der Waals surface area contributed by atoms with Crippen molar-refractivity contribution >= 4 is 5.97 Å². The van der Waals surface area contributed by atoms with Crippen LogP contribution in [0.1, 0.15) is 180 Å². The van der Waals surface area contributed by atoms with E-state index < -0.39 is 0 Å². The number of esters is 1. The lowest BCUT2D eigenvalue weighted by atomic mass is 9.47. The third-order valence-electron chi connectivity index (χ3n) is 15.3. The predicted octanol–water partition coefficient (Wildman–Crippen LogP) is 14.0. The first kappa shape index (κ1) is 42.8. The van der Waals surface area contributed by atoms with Gasteiger partial charge in [-0.2, -0.15) is 0 Å². The molecule has 2 aromatic rings. The molecular weight excluding hydrogens is 691 g/mol. The average Bonchev–Trinajstić information content (AvgIpc) is 3.56. The zero-order valence-corrected chi connectivity index (χ0v) is 36.1. The number of aromatic nitrogens is 1. The fourth-order valence-electron chi connectivity index (χ4n) is 12.1. The van der Waals surface area contributed by atoms with E-state index in [1.165, 1.54) is 103 Å². The molecule has 0 N–H and O–H groups in total. The smallest absolute Gasteiger partial charge is 0.338 e. The molecule has 5 nitrogen and oxygen atoms in total. The maximum atomic E-state index is 13.3. The highest BCUT2D eigenvalue weighted by atomic mass is 16.5. The van der Waals surface area contributed by atoms with E-state index in [0.29, 0.717) is 11.0 Å². The number of hydrogen-bond donors (Lipinski definition) is 0. The van der Waals surface area contributed by atoms with Crippen LogP contribution in [0.25, 0.3) is 0 Å². The quantitative estimate of drug-likeness (QED) is 0.0678. The molecule has 8 atom stereocenters. The molecule has 4 aliphatic rings. The van der Waals surface area contributed by atoms with Crippen LogP contribution in [0.2, 0.25) is 0 Å². The normalized spacial score (nSPS) is 28.8. The van der Waals surface area contributed by atoms with Gasteiger partial charge in [-0.3, -0.25) is 4.98 Å². The van der Waals surface area contributed by atoms with Crippen molar-refractivity contribution in [2.45, 2.75) is 176 Å². The van der Waals surface area contributed by atoms with Crippen LogP contribution in [-0.4, -0.2) is 30.3 Å². The Morgan fingerprint density at radius 1 is 0.714 bits per heavy atom. The number of benzene rings is 1. The van der Waals surface area contributed by atoms with Gasteiger partial charge in [0.2, 0.25) is 0 Å². The van der Waals surface area contributed by atoms with E-state index in [1.807, 2.05) is 36.4 Å². The van der Waals surface area contributed by atoms with E-state index in [9.17, 15) is 4.79 Å². The molecule has 6 rings (SSSR count).